The van der Waals surface area contributed by atoms with Gasteiger partial charge in [0, 0.05) is 6.92 Å². The highest BCUT2D eigenvalue weighted by molar-refractivity contribution is 6.76. The van der Waals surface area contributed by atoms with E-state index in [9.17, 15) is 24.9 Å². The molecule has 1 amide bonds. The summed E-state index contributed by atoms with van der Waals surface area (Å²) in [6.45, 7) is 0.560. The van der Waals surface area contributed by atoms with Crippen LogP contribution < -0.4 is 5.73 Å². The number of ether oxygens (including phenoxy) is 2. The predicted octanol–water partition coefficient (Wildman–Crippen LogP) is -1.81. The van der Waals surface area contributed by atoms with Gasteiger partial charge in [-0.1, -0.05) is 34.8 Å². The zero-order valence-electron chi connectivity index (χ0n) is 11.2. The molecule has 0 bridgehead atoms. The van der Waals surface area contributed by atoms with Crippen molar-refractivity contribution in [3.63, 3.8) is 0 Å². The Hall–Kier alpha value is -0.390. The monoisotopic (exact) mass is 383 g/mol. The zero-order chi connectivity index (χ0) is 17.7. The SMILES string of the molecule is CC(=O)O[C@H]1O[C@H](CO)[C@@H](O)[C@H](O)[C@@H]1O.NC(=O)C(Cl)(Cl)Cl. The number of hydrogen-bond donors (Lipinski definition) is 5. The lowest BCUT2D eigenvalue weighted by Gasteiger charge is -2.38. The molecule has 0 aromatic rings. The van der Waals surface area contributed by atoms with Crippen molar-refractivity contribution in [3.8, 4) is 0 Å². The van der Waals surface area contributed by atoms with Gasteiger partial charge in [-0.2, -0.15) is 0 Å². The van der Waals surface area contributed by atoms with Crippen molar-refractivity contribution in [1.82, 2.24) is 0 Å². The van der Waals surface area contributed by atoms with E-state index in [2.05, 4.69) is 10.5 Å². The van der Waals surface area contributed by atoms with Gasteiger partial charge in [0.1, 0.15) is 24.4 Å². The van der Waals surface area contributed by atoms with Crippen molar-refractivity contribution in [1.29, 1.82) is 0 Å². The number of aliphatic hydroxyl groups is 4. The number of nitrogens with two attached hydrogens (primary N) is 1. The lowest BCUT2D eigenvalue weighted by atomic mass is 9.99. The molecule has 1 saturated heterocycles. The number of carbonyl (C=O) groups is 2. The first-order valence-electron chi connectivity index (χ1n) is 5.76. The summed E-state index contributed by atoms with van der Waals surface area (Å²) in [6.07, 6.45) is -6.95. The van der Waals surface area contributed by atoms with E-state index in [1.54, 1.807) is 0 Å². The molecule has 0 spiro atoms. The van der Waals surface area contributed by atoms with Crippen LogP contribution in [0.15, 0.2) is 0 Å². The average molecular weight is 385 g/mol. The summed E-state index contributed by atoms with van der Waals surface area (Å²) in [5, 5.41) is 36.8. The maximum atomic E-state index is 10.6. The Morgan fingerprint density at radius 1 is 1.18 bits per heavy atom. The van der Waals surface area contributed by atoms with E-state index in [-0.39, 0.29) is 0 Å². The molecule has 1 heterocycles. The van der Waals surface area contributed by atoms with Crippen LogP contribution in [0.3, 0.4) is 0 Å². The number of carbonyl (C=O) groups excluding carboxylic acids is 2. The minimum Gasteiger partial charge on any atom is -0.433 e. The van der Waals surface area contributed by atoms with E-state index in [1.807, 2.05) is 0 Å². The molecule has 9 nitrogen and oxygen atoms in total. The standard InChI is InChI=1S/C8H14O7.C2H2Cl3NO/c1-3(10)14-8-7(13)6(12)5(11)4(2-9)15-8;3-2(4,5)1(6)7/h4-9,11-13H,2H2,1H3;(H2,6,7)/t4-,5-,6+,7+,8+;/m1./s1. The van der Waals surface area contributed by atoms with Gasteiger partial charge in [0.25, 0.3) is 9.70 Å². The number of esters is 1. The van der Waals surface area contributed by atoms with Gasteiger partial charge in [-0.05, 0) is 0 Å². The number of halogens is 3. The van der Waals surface area contributed by atoms with Crippen LogP contribution in [0, 0.1) is 0 Å². The lowest BCUT2D eigenvalue weighted by molar-refractivity contribution is -0.292. The molecular formula is C10H16Cl3NO8. The first-order valence-corrected chi connectivity index (χ1v) is 6.89. The van der Waals surface area contributed by atoms with Gasteiger partial charge in [0.05, 0.1) is 6.61 Å². The Balaban J connectivity index is 0.000000534. The largest absolute Gasteiger partial charge is 0.433 e. The molecule has 1 fully saturated rings. The second kappa shape index (κ2) is 9.04. The summed E-state index contributed by atoms with van der Waals surface area (Å²) in [6, 6.07) is 0. The summed E-state index contributed by atoms with van der Waals surface area (Å²) >= 11 is 14.8. The number of primary amides is 1. The van der Waals surface area contributed by atoms with Crippen LogP contribution in [0.2, 0.25) is 0 Å². The molecule has 0 aromatic heterocycles. The molecule has 5 atom stereocenters. The van der Waals surface area contributed by atoms with Gasteiger partial charge in [-0.15, -0.1) is 0 Å². The number of hydrogen-bond acceptors (Lipinski definition) is 8. The molecule has 130 valence electrons. The molecule has 0 aromatic carbocycles. The molecule has 6 N–H and O–H groups in total. The Labute approximate surface area is 140 Å². The van der Waals surface area contributed by atoms with Crippen LogP contribution in [0.25, 0.3) is 0 Å². The Kier molecular flexibility index (Phi) is 8.88. The first-order chi connectivity index (χ1) is 9.91. The smallest absolute Gasteiger partial charge is 0.305 e. The highest BCUT2D eigenvalue weighted by Gasteiger charge is 2.44. The average Bonchev–Trinajstić information content (AvgIpc) is 2.38. The van der Waals surface area contributed by atoms with Crippen molar-refractivity contribution in [2.24, 2.45) is 5.73 Å². The first kappa shape index (κ1) is 21.6. The molecule has 0 aliphatic carbocycles. The summed E-state index contributed by atoms with van der Waals surface area (Å²) in [5.74, 6) is -1.66. The normalized spacial score (nSPS) is 31.7. The summed E-state index contributed by atoms with van der Waals surface area (Å²) < 4.78 is 7.50. The maximum absolute atomic E-state index is 10.6. The van der Waals surface area contributed by atoms with Crippen LogP contribution in [-0.4, -0.2) is 73.4 Å². The third-order valence-corrected chi connectivity index (χ3v) is 2.97. The molecule has 0 saturated carbocycles. The van der Waals surface area contributed by atoms with E-state index in [0.717, 1.165) is 6.92 Å². The number of rotatable bonds is 2. The maximum Gasteiger partial charge on any atom is 0.305 e. The Morgan fingerprint density at radius 2 is 1.64 bits per heavy atom. The number of alkyl halides is 3. The Morgan fingerprint density at radius 3 is 1.95 bits per heavy atom. The molecule has 0 radical (unpaired) electrons. The summed E-state index contributed by atoms with van der Waals surface area (Å²) in [7, 11) is 0. The van der Waals surface area contributed by atoms with Gasteiger partial charge >= 0.3 is 5.97 Å². The third-order valence-electron chi connectivity index (χ3n) is 2.41. The predicted molar refractivity (Wildman–Crippen MR) is 75.0 cm³/mol. The van der Waals surface area contributed by atoms with E-state index in [4.69, 9.17) is 44.6 Å². The van der Waals surface area contributed by atoms with Crippen LogP contribution >= 0.6 is 34.8 Å². The van der Waals surface area contributed by atoms with Crippen molar-refractivity contribution >= 4 is 46.7 Å². The summed E-state index contributed by atoms with van der Waals surface area (Å²) in [5.41, 5.74) is 4.53. The van der Waals surface area contributed by atoms with Gasteiger partial charge < -0.3 is 35.6 Å². The highest BCUT2D eigenvalue weighted by Crippen LogP contribution is 2.24. The minimum atomic E-state index is -1.94. The summed E-state index contributed by atoms with van der Waals surface area (Å²) in [4.78, 5) is 20.5. The quantitative estimate of drug-likeness (QED) is 0.275. The van der Waals surface area contributed by atoms with Crippen LogP contribution in [0.5, 0.6) is 0 Å². The second-order valence-electron chi connectivity index (χ2n) is 4.17. The highest BCUT2D eigenvalue weighted by atomic mass is 35.6. The van der Waals surface area contributed by atoms with Gasteiger partial charge in [-0.3, -0.25) is 9.59 Å². The van der Waals surface area contributed by atoms with E-state index in [0.29, 0.717) is 0 Å². The minimum absolute atomic E-state index is 0.553. The fraction of sp³-hybridized carbons (Fsp3) is 0.800. The number of amides is 1. The van der Waals surface area contributed by atoms with Gasteiger partial charge in [0.2, 0.25) is 6.29 Å². The van der Waals surface area contributed by atoms with Crippen molar-refractivity contribution in [3.05, 3.63) is 0 Å². The van der Waals surface area contributed by atoms with E-state index < -0.39 is 53.0 Å². The fourth-order valence-corrected chi connectivity index (χ4v) is 1.33. The van der Waals surface area contributed by atoms with Crippen LogP contribution in [0.1, 0.15) is 6.92 Å². The second-order valence-corrected chi connectivity index (χ2v) is 6.45. The number of aliphatic hydroxyl groups excluding tert-OH is 4. The van der Waals surface area contributed by atoms with Crippen molar-refractivity contribution in [2.75, 3.05) is 6.61 Å². The molecular weight excluding hydrogens is 368 g/mol. The molecule has 22 heavy (non-hydrogen) atoms. The van der Waals surface area contributed by atoms with Crippen molar-refractivity contribution < 1.29 is 39.5 Å². The molecule has 12 heteroatoms. The fourth-order valence-electron chi connectivity index (χ4n) is 1.33. The van der Waals surface area contributed by atoms with Gasteiger partial charge in [0.15, 0.2) is 0 Å². The van der Waals surface area contributed by atoms with E-state index >= 15 is 0 Å². The van der Waals surface area contributed by atoms with Crippen molar-refractivity contribution in [2.45, 2.75) is 41.4 Å². The molecule has 1 rings (SSSR count). The molecule has 1 aliphatic heterocycles. The third kappa shape index (κ3) is 6.80. The van der Waals surface area contributed by atoms with Crippen LogP contribution in [0.4, 0.5) is 0 Å². The van der Waals surface area contributed by atoms with Gasteiger partial charge in [-0.25, -0.2) is 0 Å². The molecule has 0 unspecified atom stereocenters. The zero-order valence-corrected chi connectivity index (χ0v) is 13.5. The topological polar surface area (TPSA) is 160 Å². The lowest BCUT2D eigenvalue weighted by Crippen LogP contribution is -2.59. The van der Waals surface area contributed by atoms with Crippen LogP contribution in [-0.2, 0) is 19.1 Å². The van der Waals surface area contributed by atoms with E-state index in [1.165, 1.54) is 0 Å². The Bertz CT molecular complexity index is 389. The molecule has 1 aliphatic rings.